The van der Waals surface area contributed by atoms with Crippen molar-refractivity contribution in [2.75, 3.05) is 5.32 Å². The van der Waals surface area contributed by atoms with Crippen LogP contribution in [0.25, 0.3) is 10.4 Å². The lowest BCUT2D eigenvalue weighted by molar-refractivity contribution is 0.103. The molecule has 3 aromatic rings. The Morgan fingerprint density at radius 3 is 2.86 bits per heavy atom. The number of amides is 1. The summed E-state index contributed by atoms with van der Waals surface area (Å²) in [6.07, 6.45) is 3.25. The second-order valence-electron chi connectivity index (χ2n) is 4.55. The van der Waals surface area contributed by atoms with Crippen LogP contribution in [0.15, 0.2) is 60.9 Å². The summed E-state index contributed by atoms with van der Waals surface area (Å²) < 4.78 is 0. The third-order valence-electron chi connectivity index (χ3n) is 3.03. The van der Waals surface area contributed by atoms with Crippen LogP contribution in [0.1, 0.15) is 15.2 Å². The summed E-state index contributed by atoms with van der Waals surface area (Å²) in [5.41, 5.74) is 2.20. The van der Waals surface area contributed by atoms with Crippen LogP contribution in [-0.4, -0.2) is 10.9 Å². The molecule has 4 nitrogen and oxygen atoms in total. The molecule has 0 fully saturated rings. The van der Waals surface area contributed by atoms with Crippen molar-refractivity contribution in [3.63, 3.8) is 0 Å². The van der Waals surface area contributed by atoms with Gasteiger partial charge in [-0.15, -0.1) is 11.3 Å². The van der Waals surface area contributed by atoms with E-state index in [0.717, 1.165) is 10.4 Å². The number of rotatable bonds is 3. The third-order valence-corrected chi connectivity index (χ3v) is 4.16. The van der Waals surface area contributed by atoms with Gasteiger partial charge >= 0.3 is 0 Å². The van der Waals surface area contributed by atoms with Crippen molar-refractivity contribution >= 4 is 22.9 Å². The Bertz CT molecular complexity index is 850. The standard InChI is InChI=1S/C17H11N3OS/c18-10-12-3-1-4-13(9-12)15-6-7-16(22-15)17(21)20-14-5-2-8-19-11-14/h1-9,11H,(H,20,21). The molecule has 0 saturated heterocycles. The molecule has 2 heterocycles. The highest BCUT2D eigenvalue weighted by Crippen LogP contribution is 2.29. The van der Waals surface area contributed by atoms with Crippen LogP contribution >= 0.6 is 11.3 Å². The Morgan fingerprint density at radius 2 is 2.09 bits per heavy atom. The van der Waals surface area contributed by atoms with Crippen molar-refractivity contribution in [3.8, 4) is 16.5 Å². The van der Waals surface area contributed by atoms with Crippen LogP contribution in [0.3, 0.4) is 0 Å². The van der Waals surface area contributed by atoms with Crippen LogP contribution in [0.5, 0.6) is 0 Å². The minimum absolute atomic E-state index is 0.166. The number of hydrogen-bond acceptors (Lipinski definition) is 4. The number of anilines is 1. The predicted molar refractivity (Wildman–Crippen MR) is 86.7 cm³/mol. The van der Waals surface area contributed by atoms with Gasteiger partial charge in [0.2, 0.25) is 0 Å². The second-order valence-corrected chi connectivity index (χ2v) is 5.64. The lowest BCUT2D eigenvalue weighted by atomic mass is 10.1. The Balaban J connectivity index is 1.81. The number of nitrogens with one attached hydrogen (secondary N) is 1. The summed E-state index contributed by atoms with van der Waals surface area (Å²) in [6, 6.07) is 16.7. The number of nitriles is 1. The topological polar surface area (TPSA) is 65.8 Å². The summed E-state index contributed by atoms with van der Waals surface area (Å²) in [6.45, 7) is 0. The SMILES string of the molecule is N#Cc1cccc(-c2ccc(C(=O)Nc3cccnc3)s2)c1. The molecule has 3 rings (SSSR count). The fraction of sp³-hybridized carbons (Fsp3) is 0. The average molecular weight is 305 g/mol. The van der Waals surface area contributed by atoms with Crippen molar-refractivity contribution in [3.05, 3.63) is 71.4 Å². The van der Waals surface area contributed by atoms with E-state index in [4.69, 9.17) is 5.26 Å². The van der Waals surface area contributed by atoms with Crippen molar-refractivity contribution in [2.24, 2.45) is 0 Å². The molecule has 0 aliphatic heterocycles. The molecule has 0 atom stereocenters. The van der Waals surface area contributed by atoms with E-state index in [-0.39, 0.29) is 5.91 Å². The van der Waals surface area contributed by atoms with E-state index >= 15 is 0 Å². The molecule has 22 heavy (non-hydrogen) atoms. The van der Waals surface area contributed by atoms with Crippen LogP contribution in [0.2, 0.25) is 0 Å². The van der Waals surface area contributed by atoms with Gasteiger partial charge in [-0.25, -0.2) is 0 Å². The number of aromatic nitrogens is 1. The van der Waals surface area contributed by atoms with Gasteiger partial charge in [-0.3, -0.25) is 9.78 Å². The normalized spacial score (nSPS) is 9.95. The number of thiophene rings is 1. The maximum Gasteiger partial charge on any atom is 0.265 e. The van der Waals surface area contributed by atoms with Crippen LogP contribution in [-0.2, 0) is 0 Å². The molecule has 0 bridgehead atoms. The molecule has 1 aromatic carbocycles. The Kier molecular flexibility index (Phi) is 3.95. The summed E-state index contributed by atoms with van der Waals surface area (Å²) in [5, 5.41) is 11.8. The number of benzene rings is 1. The number of pyridine rings is 1. The molecule has 0 aliphatic rings. The molecule has 5 heteroatoms. The first-order valence-corrected chi connectivity index (χ1v) is 7.39. The van der Waals surface area contributed by atoms with Crippen LogP contribution in [0, 0.1) is 11.3 Å². The van der Waals surface area contributed by atoms with Gasteiger partial charge in [-0.1, -0.05) is 12.1 Å². The van der Waals surface area contributed by atoms with E-state index in [1.165, 1.54) is 11.3 Å². The quantitative estimate of drug-likeness (QED) is 0.797. The average Bonchev–Trinajstić information content (AvgIpc) is 3.06. The zero-order valence-corrected chi connectivity index (χ0v) is 12.3. The van der Waals surface area contributed by atoms with Crippen LogP contribution in [0.4, 0.5) is 5.69 Å². The number of carbonyl (C=O) groups is 1. The van der Waals surface area contributed by atoms with Gasteiger partial charge in [-0.2, -0.15) is 5.26 Å². The van der Waals surface area contributed by atoms with Crippen molar-refractivity contribution in [2.45, 2.75) is 0 Å². The van der Waals surface area contributed by atoms with Gasteiger partial charge in [-0.05, 0) is 42.0 Å². The minimum Gasteiger partial charge on any atom is -0.320 e. The first-order chi connectivity index (χ1) is 10.8. The molecule has 1 N–H and O–H groups in total. The zero-order valence-electron chi connectivity index (χ0n) is 11.5. The number of nitrogens with zero attached hydrogens (tertiary/aromatic N) is 2. The highest BCUT2D eigenvalue weighted by atomic mass is 32.1. The fourth-order valence-electron chi connectivity index (χ4n) is 1.99. The number of carbonyl (C=O) groups excluding carboxylic acids is 1. The molecule has 0 radical (unpaired) electrons. The Hall–Kier alpha value is -2.97. The van der Waals surface area contributed by atoms with Gasteiger partial charge < -0.3 is 5.32 Å². The van der Waals surface area contributed by atoms with E-state index in [1.807, 2.05) is 24.3 Å². The predicted octanol–water partition coefficient (Wildman–Crippen LogP) is 3.93. The monoisotopic (exact) mass is 305 g/mol. The van der Waals surface area contributed by atoms with Gasteiger partial charge in [0, 0.05) is 11.1 Å². The highest BCUT2D eigenvalue weighted by Gasteiger charge is 2.11. The molecule has 0 unspecified atom stereocenters. The van der Waals surface area contributed by atoms with Crippen molar-refractivity contribution in [1.29, 1.82) is 5.26 Å². The molecule has 106 valence electrons. The second kappa shape index (κ2) is 6.20. The summed E-state index contributed by atoms with van der Waals surface area (Å²) in [5.74, 6) is -0.166. The van der Waals surface area contributed by atoms with Gasteiger partial charge in [0.25, 0.3) is 5.91 Å². The minimum atomic E-state index is -0.166. The zero-order chi connectivity index (χ0) is 15.4. The largest absolute Gasteiger partial charge is 0.320 e. The van der Waals surface area contributed by atoms with Crippen LogP contribution < -0.4 is 5.32 Å². The molecule has 0 aliphatic carbocycles. The molecular weight excluding hydrogens is 294 g/mol. The molecular formula is C17H11N3OS. The van der Waals surface area contributed by atoms with Crippen molar-refractivity contribution in [1.82, 2.24) is 4.98 Å². The Labute approximate surface area is 131 Å². The maximum atomic E-state index is 12.2. The van der Waals surface area contributed by atoms with Gasteiger partial charge in [0.1, 0.15) is 0 Å². The molecule has 1 amide bonds. The molecule has 2 aromatic heterocycles. The third kappa shape index (κ3) is 3.03. The number of hydrogen-bond donors (Lipinski definition) is 1. The highest BCUT2D eigenvalue weighted by molar-refractivity contribution is 7.17. The van der Waals surface area contributed by atoms with E-state index in [9.17, 15) is 4.79 Å². The summed E-state index contributed by atoms with van der Waals surface area (Å²) in [4.78, 5) is 17.7. The lowest BCUT2D eigenvalue weighted by Crippen LogP contribution is -2.09. The van der Waals surface area contributed by atoms with E-state index in [1.54, 1.807) is 36.7 Å². The van der Waals surface area contributed by atoms with Gasteiger partial charge in [0.05, 0.1) is 28.4 Å². The van der Waals surface area contributed by atoms with E-state index in [0.29, 0.717) is 16.1 Å². The maximum absolute atomic E-state index is 12.2. The fourth-order valence-corrected chi connectivity index (χ4v) is 2.88. The van der Waals surface area contributed by atoms with Crippen molar-refractivity contribution < 1.29 is 4.79 Å². The van der Waals surface area contributed by atoms with E-state index in [2.05, 4.69) is 16.4 Å². The molecule has 0 spiro atoms. The first kappa shape index (κ1) is 14.0. The smallest absolute Gasteiger partial charge is 0.265 e. The first-order valence-electron chi connectivity index (χ1n) is 6.58. The molecule has 0 saturated carbocycles. The lowest BCUT2D eigenvalue weighted by Gasteiger charge is -2.02. The van der Waals surface area contributed by atoms with E-state index < -0.39 is 0 Å². The summed E-state index contributed by atoms with van der Waals surface area (Å²) >= 11 is 1.39. The summed E-state index contributed by atoms with van der Waals surface area (Å²) in [7, 11) is 0. The Morgan fingerprint density at radius 1 is 1.18 bits per heavy atom. The van der Waals surface area contributed by atoms with Gasteiger partial charge in [0.15, 0.2) is 0 Å².